The number of nitrogens with zero attached hydrogens (tertiary/aromatic N) is 5. The number of hydrogen-bond acceptors (Lipinski definition) is 7. The maximum atomic E-state index is 6.65. The Labute approximate surface area is 187 Å². The molecule has 0 unspecified atom stereocenters. The molecule has 31 heavy (non-hydrogen) atoms. The van der Waals surface area contributed by atoms with E-state index < -0.39 is 0 Å². The van der Waals surface area contributed by atoms with Gasteiger partial charge < -0.3 is 24.4 Å². The normalized spacial score (nSPS) is 24.3. The first kappa shape index (κ1) is 21.9. The van der Waals surface area contributed by atoms with Gasteiger partial charge in [-0.05, 0) is 19.2 Å². The predicted molar refractivity (Wildman–Crippen MR) is 119 cm³/mol. The van der Waals surface area contributed by atoms with Crippen molar-refractivity contribution in [2.24, 2.45) is 4.99 Å². The molecule has 11 heteroatoms. The Morgan fingerprint density at radius 3 is 2.90 bits per heavy atom. The molecule has 2 saturated heterocycles. The number of anilines is 1. The number of rotatable bonds is 6. The molecule has 0 aromatic carbocycles. The smallest absolute Gasteiger partial charge is 0.202 e. The van der Waals surface area contributed by atoms with Gasteiger partial charge >= 0.3 is 0 Å². The lowest BCUT2D eigenvalue weighted by atomic mass is 10.2. The Hall–Kier alpha value is -2.27. The summed E-state index contributed by atoms with van der Waals surface area (Å²) in [6.45, 7) is 7.06. The lowest BCUT2D eigenvalue weighted by Gasteiger charge is -2.41. The lowest BCUT2D eigenvalue weighted by Crippen LogP contribution is -2.54. The summed E-state index contributed by atoms with van der Waals surface area (Å²) in [7, 11) is 3.71. The number of ether oxygens (including phenoxy) is 3. The van der Waals surface area contributed by atoms with Gasteiger partial charge in [0.25, 0.3) is 0 Å². The molecular weight excluding hydrogens is 422 g/mol. The van der Waals surface area contributed by atoms with E-state index >= 15 is 0 Å². The molecule has 3 aliphatic rings. The third-order valence-corrected chi connectivity index (χ3v) is 5.84. The first-order valence-corrected chi connectivity index (χ1v) is 10.9. The number of nitrogens with one attached hydrogen (secondary N) is 2. The molecule has 0 spiro atoms. The van der Waals surface area contributed by atoms with Crippen molar-refractivity contribution >= 4 is 23.2 Å². The van der Waals surface area contributed by atoms with Crippen molar-refractivity contribution in [1.82, 2.24) is 24.9 Å². The number of halogens is 1. The third-order valence-electron chi connectivity index (χ3n) is 5.46. The topological polar surface area (TPSA) is 88.4 Å². The van der Waals surface area contributed by atoms with E-state index in [1.807, 2.05) is 26.2 Å². The van der Waals surface area contributed by atoms with Crippen molar-refractivity contribution in [3.63, 3.8) is 0 Å². The van der Waals surface area contributed by atoms with Gasteiger partial charge in [0.1, 0.15) is 0 Å². The zero-order valence-electron chi connectivity index (χ0n) is 18.2. The number of morpholine rings is 1. The van der Waals surface area contributed by atoms with E-state index in [9.17, 15) is 0 Å². The molecule has 1 atom stereocenters. The molecule has 170 valence electrons. The van der Waals surface area contributed by atoms with Crippen LogP contribution in [0.3, 0.4) is 0 Å². The zero-order valence-corrected chi connectivity index (χ0v) is 18.9. The molecule has 1 aromatic heterocycles. The highest BCUT2D eigenvalue weighted by atomic mass is 35.5. The molecule has 0 bridgehead atoms. The summed E-state index contributed by atoms with van der Waals surface area (Å²) in [6.07, 6.45) is 5.47. The fourth-order valence-electron chi connectivity index (χ4n) is 3.67. The number of hydrogen-bond donors (Lipinski definition) is 2. The minimum Gasteiger partial charge on any atom is -0.479 e. The molecule has 1 aromatic rings. The van der Waals surface area contributed by atoms with Crippen LogP contribution in [0, 0.1) is 0 Å². The fourth-order valence-corrected chi connectivity index (χ4v) is 3.92. The molecule has 2 fully saturated rings. The first-order valence-electron chi connectivity index (χ1n) is 10.5. The number of aliphatic imine (C=N–C) groups is 1. The van der Waals surface area contributed by atoms with Gasteiger partial charge in [-0.1, -0.05) is 11.6 Å². The predicted octanol–water partition coefficient (Wildman–Crippen LogP) is 1.46. The molecule has 0 aliphatic carbocycles. The van der Waals surface area contributed by atoms with Gasteiger partial charge in [-0.3, -0.25) is 15.2 Å². The van der Waals surface area contributed by atoms with E-state index in [0.29, 0.717) is 41.9 Å². The third kappa shape index (κ3) is 4.98. The van der Waals surface area contributed by atoms with Gasteiger partial charge in [0.2, 0.25) is 5.96 Å². The number of aromatic nitrogens is 2. The molecule has 3 aliphatic heterocycles. The van der Waals surface area contributed by atoms with E-state index in [2.05, 4.69) is 30.5 Å². The Bertz CT molecular complexity index is 865. The van der Waals surface area contributed by atoms with Crippen LogP contribution in [0.1, 0.15) is 13.2 Å². The molecule has 10 nitrogen and oxygen atoms in total. The van der Waals surface area contributed by atoms with Crippen LogP contribution in [0.2, 0.25) is 5.15 Å². The van der Waals surface area contributed by atoms with E-state index in [4.69, 9.17) is 25.8 Å². The SMILES string of the molecule is CCO/C(NC(=NC)Nc1cnn([C@H]2CN(C3COC3)CCO2)c1Cl)=C1\C=CN(C)C1. The Morgan fingerprint density at radius 1 is 1.42 bits per heavy atom. The summed E-state index contributed by atoms with van der Waals surface area (Å²) >= 11 is 6.65. The van der Waals surface area contributed by atoms with Crippen molar-refractivity contribution in [2.75, 3.05) is 65.5 Å². The van der Waals surface area contributed by atoms with Crippen LogP contribution in [-0.2, 0) is 14.2 Å². The van der Waals surface area contributed by atoms with Gasteiger partial charge in [0.05, 0.1) is 44.4 Å². The van der Waals surface area contributed by atoms with E-state index in [1.54, 1.807) is 17.9 Å². The van der Waals surface area contributed by atoms with Crippen molar-refractivity contribution < 1.29 is 14.2 Å². The van der Waals surface area contributed by atoms with Crippen LogP contribution in [-0.4, -0.2) is 91.7 Å². The maximum absolute atomic E-state index is 6.65. The number of guanidine groups is 1. The summed E-state index contributed by atoms with van der Waals surface area (Å²) in [5.74, 6) is 1.17. The van der Waals surface area contributed by atoms with Crippen LogP contribution in [0.5, 0.6) is 0 Å². The number of likely N-dealkylation sites (N-methyl/N-ethyl adjacent to an activating group) is 1. The summed E-state index contributed by atoms with van der Waals surface area (Å²) in [4.78, 5) is 8.76. The van der Waals surface area contributed by atoms with E-state index in [-0.39, 0.29) is 6.23 Å². The van der Waals surface area contributed by atoms with Crippen LogP contribution in [0.4, 0.5) is 5.69 Å². The van der Waals surface area contributed by atoms with Crippen molar-refractivity contribution in [1.29, 1.82) is 0 Å². The van der Waals surface area contributed by atoms with E-state index in [1.165, 1.54) is 0 Å². The maximum Gasteiger partial charge on any atom is 0.202 e. The highest BCUT2D eigenvalue weighted by molar-refractivity contribution is 6.32. The second-order valence-corrected chi connectivity index (χ2v) is 8.00. The van der Waals surface area contributed by atoms with Crippen LogP contribution in [0.15, 0.2) is 34.9 Å². The highest BCUT2D eigenvalue weighted by Gasteiger charge is 2.32. The molecule has 2 N–H and O–H groups in total. The Balaban J connectivity index is 1.44. The van der Waals surface area contributed by atoms with Crippen molar-refractivity contribution in [3.8, 4) is 0 Å². The van der Waals surface area contributed by atoms with E-state index in [0.717, 1.165) is 38.4 Å². The fraction of sp³-hybridized carbons (Fsp3) is 0.600. The summed E-state index contributed by atoms with van der Waals surface area (Å²) < 4.78 is 18.8. The van der Waals surface area contributed by atoms with Gasteiger partial charge in [-0.25, -0.2) is 4.68 Å². The second-order valence-electron chi connectivity index (χ2n) is 7.65. The summed E-state index contributed by atoms with van der Waals surface area (Å²) in [5, 5.41) is 11.4. The molecule has 0 amide bonds. The molecular formula is C20H30ClN7O3. The van der Waals surface area contributed by atoms with Crippen LogP contribution >= 0.6 is 11.6 Å². The van der Waals surface area contributed by atoms with Gasteiger partial charge in [0, 0.05) is 39.3 Å². The van der Waals surface area contributed by atoms with Crippen LogP contribution < -0.4 is 10.6 Å². The molecule has 0 radical (unpaired) electrons. The molecule has 0 saturated carbocycles. The zero-order chi connectivity index (χ0) is 21.8. The Morgan fingerprint density at radius 2 is 2.26 bits per heavy atom. The average Bonchev–Trinajstić information content (AvgIpc) is 3.32. The van der Waals surface area contributed by atoms with Crippen molar-refractivity contribution in [2.45, 2.75) is 19.2 Å². The van der Waals surface area contributed by atoms with Gasteiger partial charge in [-0.15, -0.1) is 0 Å². The van der Waals surface area contributed by atoms with Crippen LogP contribution in [0.25, 0.3) is 0 Å². The summed E-state index contributed by atoms with van der Waals surface area (Å²) in [6, 6.07) is 0.454. The molecule has 4 heterocycles. The monoisotopic (exact) mass is 451 g/mol. The average molecular weight is 452 g/mol. The van der Waals surface area contributed by atoms with Crippen molar-refractivity contribution in [3.05, 3.63) is 35.1 Å². The first-order chi connectivity index (χ1) is 15.1. The largest absolute Gasteiger partial charge is 0.479 e. The lowest BCUT2D eigenvalue weighted by molar-refractivity contribution is -0.134. The molecule has 4 rings (SSSR count). The standard InChI is InChI=1S/C20H30ClN7O3/c1-4-30-19(14-5-6-26(3)10-14)25-20(22-2)24-16-9-23-28(18(16)21)17-11-27(7-8-31-17)15-12-29-13-15/h5-6,9,15,17H,4,7-8,10-13H2,1-3H3,(H2,22,24,25)/b19-14+/t17-/m1/s1. The van der Waals surface area contributed by atoms with Gasteiger partial charge in [0.15, 0.2) is 17.3 Å². The van der Waals surface area contributed by atoms with Gasteiger partial charge in [-0.2, -0.15) is 5.10 Å². The Kier molecular flexibility index (Phi) is 7.01. The highest BCUT2D eigenvalue weighted by Crippen LogP contribution is 2.28. The minimum absolute atomic E-state index is 0.243. The second kappa shape index (κ2) is 9.90. The quantitative estimate of drug-likeness (QED) is 0.382. The minimum atomic E-state index is -0.243. The summed E-state index contributed by atoms with van der Waals surface area (Å²) in [5.41, 5.74) is 1.69.